The maximum absolute atomic E-state index is 13.2. The van der Waals surface area contributed by atoms with Gasteiger partial charge >= 0.3 is 0 Å². The smallest absolute Gasteiger partial charge is 0.159 e. The zero-order valence-corrected chi connectivity index (χ0v) is 8.14. The van der Waals surface area contributed by atoms with E-state index in [1.54, 1.807) is 6.92 Å². The van der Waals surface area contributed by atoms with Crippen LogP contribution in [0.5, 0.6) is 11.5 Å². The predicted octanol–water partition coefficient (Wildman–Crippen LogP) is 2.40. The Balaban J connectivity index is 3.35. The molecule has 1 aromatic carbocycles. The quantitative estimate of drug-likeness (QED) is 0.793. The summed E-state index contributed by atoms with van der Waals surface area (Å²) in [4.78, 5) is 10.5. The summed E-state index contributed by atoms with van der Waals surface area (Å²) in [5.74, 6) is -1.43. The van der Waals surface area contributed by atoms with Gasteiger partial charge in [-0.25, -0.2) is 4.39 Å². The molecule has 0 bridgehead atoms. The summed E-state index contributed by atoms with van der Waals surface area (Å²) in [6, 6.07) is 1.11. The molecular formula is C9H8ClFO3. The van der Waals surface area contributed by atoms with E-state index in [4.69, 9.17) is 21.4 Å². The van der Waals surface area contributed by atoms with Crippen molar-refractivity contribution in [2.75, 3.05) is 6.61 Å². The number of hydrogen-bond donors (Lipinski definition) is 1. The molecule has 3 nitrogen and oxygen atoms in total. The van der Waals surface area contributed by atoms with E-state index in [2.05, 4.69) is 0 Å². The fourth-order valence-electron chi connectivity index (χ4n) is 0.989. The van der Waals surface area contributed by atoms with Crippen molar-refractivity contribution in [3.05, 3.63) is 22.5 Å². The Kier molecular flexibility index (Phi) is 3.30. The van der Waals surface area contributed by atoms with Crippen molar-refractivity contribution in [1.82, 2.24) is 0 Å². The van der Waals surface area contributed by atoms with Gasteiger partial charge in [0, 0.05) is 6.07 Å². The van der Waals surface area contributed by atoms with Gasteiger partial charge < -0.3 is 9.84 Å². The molecule has 5 heteroatoms. The number of hydrogen-bond acceptors (Lipinski definition) is 3. The van der Waals surface area contributed by atoms with E-state index in [1.807, 2.05) is 0 Å². The topological polar surface area (TPSA) is 46.5 Å². The van der Waals surface area contributed by atoms with Crippen LogP contribution in [-0.4, -0.2) is 18.0 Å². The van der Waals surface area contributed by atoms with Crippen molar-refractivity contribution in [2.45, 2.75) is 6.92 Å². The summed E-state index contributed by atoms with van der Waals surface area (Å²) in [6.45, 7) is 1.94. The van der Waals surface area contributed by atoms with Gasteiger partial charge in [0.25, 0.3) is 0 Å². The number of carbonyl (C=O) groups is 1. The highest BCUT2D eigenvalue weighted by molar-refractivity contribution is 6.32. The predicted molar refractivity (Wildman–Crippen MR) is 49.6 cm³/mol. The Morgan fingerprint density at radius 2 is 2.36 bits per heavy atom. The zero-order valence-electron chi connectivity index (χ0n) is 7.38. The first-order valence-electron chi connectivity index (χ1n) is 3.90. The van der Waals surface area contributed by atoms with E-state index < -0.39 is 16.6 Å². The minimum Gasteiger partial charge on any atom is -0.506 e. The standard InChI is InChI=1S/C9H8ClFO3/c1-2-14-7-3-6(13)8(10)9(11)5(7)4-12/h3-4,13H,2H2,1H3. The lowest BCUT2D eigenvalue weighted by atomic mass is 10.2. The van der Waals surface area contributed by atoms with Crippen LogP contribution in [0.1, 0.15) is 17.3 Å². The summed E-state index contributed by atoms with van der Waals surface area (Å²) in [7, 11) is 0. The molecule has 0 unspecified atom stereocenters. The van der Waals surface area contributed by atoms with Gasteiger partial charge in [-0.2, -0.15) is 0 Å². The van der Waals surface area contributed by atoms with Crippen LogP contribution in [-0.2, 0) is 0 Å². The van der Waals surface area contributed by atoms with E-state index in [9.17, 15) is 9.18 Å². The monoisotopic (exact) mass is 218 g/mol. The van der Waals surface area contributed by atoms with Gasteiger partial charge in [-0.3, -0.25) is 4.79 Å². The van der Waals surface area contributed by atoms with E-state index in [-0.39, 0.29) is 17.9 Å². The molecule has 0 radical (unpaired) electrons. The highest BCUT2D eigenvalue weighted by Crippen LogP contribution is 2.34. The van der Waals surface area contributed by atoms with Crippen LogP contribution in [0, 0.1) is 5.82 Å². The Labute approximate surface area is 85.1 Å². The average Bonchev–Trinajstić information content (AvgIpc) is 2.16. The molecular weight excluding hydrogens is 211 g/mol. The van der Waals surface area contributed by atoms with E-state index in [1.165, 1.54) is 0 Å². The van der Waals surface area contributed by atoms with Gasteiger partial charge in [0.15, 0.2) is 12.1 Å². The van der Waals surface area contributed by atoms with Crippen molar-refractivity contribution in [3.63, 3.8) is 0 Å². The van der Waals surface area contributed by atoms with Gasteiger partial charge in [-0.15, -0.1) is 0 Å². The van der Waals surface area contributed by atoms with E-state index >= 15 is 0 Å². The maximum Gasteiger partial charge on any atom is 0.159 e. The lowest BCUT2D eigenvalue weighted by Crippen LogP contribution is -1.99. The minimum absolute atomic E-state index is 0.0121. The normalized spacial score (nSPS) is 9.93. The molecule has 0 atom stereocenters. The SMILES string of the molecule is CCOc1cc(O)c(Cl)c(F)c1C=O. The number of ether oxygens (including phenoxy) is 1. The molecule has 0 spiro atoms. The first kappa shape index (κ1) is 10.8. The van der Waals surface area contributed by atoms with Crippen molar-refractivity contribution >= 4 is 17.9 Å². The number of benzene rings is 1. The second-order valence-electron chi connectivity index (χ2n) is 2.49. The number of carbonyl (C=O) groups excluding carboxylic acids is 1. The number of aromatic hydroxyl groups is 1. The van der Waals surface area contributed by atoms with Crippen LogP contribution >= 0.6 is 11.6 Å². The fraction of sp³-hybridized carbons (Fsp3) is 0.222. The van der Waals surface area contributed by atoms with Gasteiger partial charge in [-0.1, -0.05) is 11.6 Å². The largest absolute Gasteiger partial charge is 0.506 e. The first-order chi connectivity index (χ1) is 6.61. The van der Waals surface area contributed by atoms with E-state index in [0.29, 0.717) is 6.29 Å². The summed E-state index contributed by atoms with van der Waals surface area (Å²) in [5, 5.41) is 8.68. The summed E-state index contributed by atoms with van der Waals surface area (Å²) < 4.78 is 18.2. The van der Waals surface area contributed by atoms with Crippen LogP contribution in [0.2, 0.25) is 5.02 Å². The van der Waals surface area contributed by atoms with Crippen molar-refractivity contribution < 1.29 is 19.0 Å². The van der Waals surface area contributed by atoms with Crippen molar-refractivity contribution in [2.24, 2.45) is 0 Å². The molecule has 1 aromatic rings. The molecule has 0 saturated carbocycles. The van der Waals surface area contributed by atoms with Crippen molar-refractivity contribution in [1.29, 1.82) is 0 Å². The van der Waals surface area contributed by atoms with Gasteiger partial charge in [0.05, 0.1) is 12.2 Å². The zero-order chi connectivity index (χ0) is 10.7. The number of aldehydes is 1. The highest BCUT2D eigenvalue weighted by atomic mass is 35.5. The number of rotatable bonds is 3. The highest BCUT2D eigenvalue weighted by Gasteiger charge is 2.16. The van der Waals surface area contributed by atoms with Crippen LogP contribution in [0.15, 0.2) is 6.07 Å². The molecule has 1 N–H and O–H groups in total. The molecule has 0 saturated heterocycles. The van der Waals surface area contributed by atoms with Crippen LogP contribution in [0.4, 0.5) is 4.39 Å². The summed E-state index contributed by atoms with van der Waals surface area (Å²) >= 11 is 5.39. The lowest BCUT2D eigenvalue weighted by Gasteiger charge is -2.08. The van der Waals surface area contributed by atoms with E-state index in [0.717, 1.165) is 6.07 Å². The maximum atomic E-state index is 13.2. The Morgan fingerprint density at radius 3 is 2.86 bits per heavy atom. The Hall–Kier alpha value is -1.29. The van der Waals surface area contributed by atoms with Crippen molar-refractivity contribution in [3.8, 4) is 11.5 Å². The molecule has 0 heterocycles. The summed E-state index contributed by atoms with van der Waals surface area (Å²) in [5.41, 5.74) is -0.283. The van der Waals surface area contributed by atoms with Gasteiger partial charge in [0.2, 0.25) is 0 Å². The van der Waals surface area contributed by atoms with Gasteiger partial charge in [0.1, 0.15) is 16.5 Å². The Bertz CT molecular complexity index is 366. The third-order valence-electron chi connectivity index (χ3n) is 1.61. The molecule has 0 amide bonds. The van der Waals surface area contributed by atoms with Crippen LogP contribution < -0.4 is 4.74 Å². The second-order valence-corrected chi connectivity index (χ2v) is 2.86. The molecule has 0 fully saturated rings. The van der Waals surface area contributed by atoms with Gasteiger partial charge in [-0.05, 0) is 6.92 Å². The second kappa shape index (κ2) is 4.28. The summed E-state index contributed by atoms with van der Waals surface area (Å²) in [6.07, 6.45) is 0.297. The number of halogens is 2. The third-order valence-corrected chi connectivity index (χ3v) is 1.96. The molecule has 0 aliphatic heterocycles. The average molecular weight is 219 g/mol. The Morgan fingerprint density at radius 1 is 1.71 bits per heavy atom. The third kappa shape index (κ3) is 1.80. The molecule has 1 rings (SSSR count). The molecule has 14 heavy (non-hydrogen) atoms. The molecule has 0 aliphatic carbocycles. The lowest BCUT2D eigenvalue weighted by molar-refractivity contribution is 0.111. The minimum atomic E-state index is -0.967. The van der Waals surface area contributed by atoms with Crippen LogP contribution in [0.3, 0.4) is 0 Å². The molecule has 76 valence electrons. The number of phenolic OH excluding ortho intramolecular Hbond substituents is 1. The number of phenols is 1. The molecule has 0 aromatic heterocycles. The first-order valence-corrected chi connectivity index (χ1v) is 4.28. The van der Waals surface area contributed by atoms with Crippen LogP contribution in [0.25, 0.3) is 0 Å². The fourth-order valence-corrected chi connectivity index (χ4v) is 1.15. The molecule has 0 aliphatic rings.